The van der Waals surface area contributed by atoms with Gasteiger partial charge in [0.05, 0.1) is 11.4 Å². The molecular weight excluding hydrogens is 418 g/mol. The van der Waals surface area contributed by atoms with Crippen molar-refractivity contribution in [2.75, 3.05) is 11.1 Å². The highest BCUT2D eigenvalue weighted by atomic mass is 32.2. The van der Waals surface area contributed by atoms with Gasteiger partial charge in [0.15, 0.2) is 11.5 Å². The Morgan fingerprint density at radius 3 is 2.68 bits per heavy atom. The number of hydrogen-bond acceptors (Lipinski definition) is 8. The van der Waals surface area contributed by atoms with E-state index in [4.69, 9.17) is 9.47 Å². The van der Waals surface area contributed by atoms with E-state index in [1.165, 1.54) is 22.9 Å². The average molecular weight is 439 g/mol. The molecule has 9 nitrogen and oxygen atoms in total. The van der Waals surface area contributed by atoms with E-state index in [2.05, 4.69) is 20.8 Å². The summed E-state index contributed by atoms with van der Waals surface area (Å²) in [6, 6.07) is 12.0. The number of carbonyl (C=O) groups is 1. The number of tetrazole rings is 1. The lowest BCUT2D eigenvalue weighted by molar-refractivity contribution is -0.113. The first-order valence-corrected chi connectivity index (χ1v) is 11.1. The molecule has 1 fully saturated rings. The summed E-state index contributed by atoms with van der Waals surface area (Å²) in [5.74, 6) is 0.965. The SMILES string of the molecule is O=C(CSc1nnnn1-c1ccc(O)cc1)Nc1ccc2c(c1)OC1(CCCCC1)O2. The number of aromatic hydroxyl groups is 1. The fraction of sp³-hybridized carbons (Fsp3) is 0.333. The molecule has 1 amide bonds. The summed E-state index contributed by atoms with van der Waals surface area (Å²) in [4.78, 5) is 12.5. The van der Waals surface area contributed by atoms with Gasteiger partial charge in [-0.2, -0.15) is 4.68 Å². The number of fused-ring (bicyclic) bond motifs is 1. The van der Waals surface area contributed by atoms with Crippen LogP contribution in [-0.2, 0) is 4.79 Å². The van der Waals surface area contributed by atoms with Crippen LogP contribution in [0.1, 0.15) is 32.1 Å². The zero-order valence-electron chi connectivity index (χ0n) is 16.7. The Morgan fingerprint density at radius 1 is 1.10 bits per heavy atom. The van der Waals surface area contributed by atoms with Crippen molar-refractivity contribution in [3.05, 3.63) is 42.5 Å². The first-order valence-electron chi connectivity index (χ1n) is 10.1. The Bertz CT molecular complexity index is 1100. The summed E-state index contributed by atoms with van der Waals surface area (Å²) in [7, 11) is 0. The predicted molar refractivity (Wildman–Crippen MR) is 114 cm³/mol. The van der Waals surface area contributed by atoms with Gasteiger partial charge in [0.1, 0.15) is 5.75 Å². The van der Waals surface area contributed by atoms with Gasteiger partial charge in [0, 0.05) is 24.6 Å². The molecule has 2 aromatic carbocycles. The van der Waals surface area contributed by atoms with Crippen molar-refractivity contribution >= 4 is 23.4 Å². The molecule has 1 aliphatic carbocycles. The van der Waals surface area contributed by atoms with Crippen molar-refractivity contribution in [1.29, 1.82) is 0 Å². The summed E-state index contributed by atoms with van der Waals surface area (Å²) in [5.41, 5.74) is 1.34. The molecule has 1 spiro atoms. The van der Waals surface area contributed by atoms with E-state index in [1.54, 1.807) is 24.3 Å². The van der Waals surface area contributed by atoms with Crippen molar-refractivity contribution in [1.82, 2.24) is 20.2 Å². The number of phenols is 1. The molecule has 1 aliphatic heterocycles. The smallest absolute Gasteiger partial charge is 0.251 e. The van der Waals surface area contributed by atoms with Crippen LogP contribution in [0.3, 0.4) is 0 Å². The van der Waals surface area contributed by atoms with Crippen LogP contribution in [-0.4, -0.2) is 42.8 Å². The van der Waals surface area contributed by atoms with Gasteiger partial charge >= 0.3 is 0 Å². The Hall–Kier alpha value is -3.27. The maximum atomic E-state index is 12.5. The Balaban J connectivity index is 1.21. The van der Waals surface area contributed by atoms with Gasteiger partial charge in [-0.1, -0.05) is 18.2 Å². The third-order valence-corrected chi connectivity index (χ3v) is 6.22. The molecule has 160 valence electrons. The number of thioether (sulfide) groups is 1. The second kappa shape index (κ2) is 8.10. The van der Waals surface area contributed by atoms with E-state index in [0.29, 0.717) is 22.3 Å². The Morgan fingerprint density at radius 2 is 1.87 bits per heavy atom. The molecule has 1 saturated carbocycles. The zero-order valence-corrected chi connectivity index (χ0v) is 17.5. The van der Waals surface area contributed by atoms with Gasteiger partial charge in [-0.3, -0.25) is 4.79 Å². The summed E-state index contributed by atoms with van der Waals surface area (Å²) in [6.45, 7) is 0. The van der Waals surface area contributed by atoms with Gasteiger partial charge in [0.2, 0.25) is 11.1 Å². The molecule has 0 unspecified atom stereocenters. The number of nitrogens with zero attached hydrogens (tertiary/aromatic N) is 4. The van der Waals surface area contributed by atoms with Crippen LogP contribution in [0.2, 0.25) is 0 Å². The summed E-state index contributed by atoms with van der Waals surface area (Å²) >= 11 is 1.22. The van der Waals surface area contributed by atoms with E-state index in [-0.39, 0.29) is 17.4 Å². The normalized spacial score (nSPS) is 16.4. The number of phenolic OH excluding ortho intramolecular Hbond substituents is 1. The largest absolute Gasteiger partial charge is 0.508 e. The van der Waals surface area contributed by atoms with Crippen LogP contribution >= 0.6 is 11.8 Å². The van der Waals surface area contributed by atoms with Crippen molar-refractivity contribution in [3.8, 4) is 22.9 Å². The number of ether oxygens (including phenoxy) is 2. The quantitative estimate of drug-likeness (QED) is 0.581. The van der Waals surface area contributed by atoms with Crippen LogP contribution in [0.5, 0.6) is 17.2 Å². The van der Waals surface area contributed by atoms with E-state index in [1.807, 2.05) is 18.2 Å². The lowest BCUT2D eigenvalue weighted by Crippen LogP contribution is -2.40. The lowest BCUT2D eigenvalue weighted by Gasteiger charge is -2.31. The molecule has 2 N–H and O–H groups in total. The third kappa shape index (κ3) is 4.15. The molecule has 2 heterocycles. The number of nitrogens with one attached hydrogen (secondary N) is 1. The topological polar surface area (TPSA) is 111 Å². The predicted octanol–water partition coefficient (Wildman–Crippen LogP) is 3.53. The molecule has 3 aromatic rings. The molecule has 10 heteroatoms. The van der Waals surface area contributed by atoms with E-state index >= 15 is 0 Å². The van der Waals surface area contributed by atoms with E-state index in [0.717, 1.165) is 31.4 Å². The van der Waals surface area contributed by atoms with Gasteiger partial charge < -0.3 is 19.9 Å². The number of carbonyl (C=O) groups excluding carboxylic acids is 1. The number of anilines is 1. The summed E-state index contributed by atoms with van der Waals surface area (Å²) in [5, 5.41) is 24.4. The number of hydrogen-bond donors (Lipinski definition) is 2. The minimum Gasteiger partial charge on any atom is -0.508 e. The van der Waals surface area contributed by atoms with Gasteiger partial charge in [-0.25, -0.2) is 0 Å². The molecule has 2 aliphatic rings. The standard InChI is InChI=1S/C21H21N5O4S/c27-16-7-5-15(6-8-16)26-20(23-24-25-26)31-13-19(28)22-14-4-9-17-18(12-14)30-21(29-17)10-2-1-3-11-21/h4-9,12,27H,1-3,10-11,13H2,(H,22,28). The molecule has 31 heavy (non-hydrogen) atoms. The highest BCUT2D eigenvalue weighted by Gasteiger charge is 2.42. The maximum absolute atomic E-state index is 12.5. The van der Waals surface area contributed by atoms with Gasteiger partial charge in [-0.15, -0.1) is 5.10 Å². The Labute approximate surface area is 182 Å². The lowest BCUT2D eigenvalue weighted by atomic mass is 9.94. The number of amides is 1. The molecule has 0 radical (unpaired) electrons. The van der Waals surface area contributed by atoms with Crippen LogP contribution in [0.25, 0.3) is 5.69 Å². The van der Waals surface area contributed by atoms with E-state index in [9.17, 15) is 9.90 Å². The summed E-state index contributed by atoms with van der Waals surface area (Å²) in [6.07, 6.45) is 5.17. The number of benzene rings is 2. The van der Waals surface area contributed by atoms with Gasteiger partial charge in [0.25, 0.3) is 5.79 Å². The molecular formula is C21H21N5O4S. The molecule has 0 bridgehead atoms. The fourth-order valence-electron chi connectivity index (χ4n) is 3.82. The highest BCUT2D eigenvalue weighted by molar-refractivity contribution is 7.99. The minimum absolute atomic E-state index is 0.136. The van der Waals surface area contributed by atoms with E-state index < -0.39 is 5.79 Å². The molecule has 0 saturated heterocycles. The van der Waals surface area contributed by atoms with Gasteiger partial charge in [-0.05, 0) is 59.7 Å². The fourth-order valence-corrected chi connectivity index (χ4v) is 4.51. The maximum Gasteiger partial charge on any atom is 0.251 e. The molecule has 5 rings (SSSR count). The van der Waals surface area contributed by atoms with Crippen molar-refractivity contribution in [3.63, 3.8) is 0 Å². The van der Waals surface area contributed by atoms with Crippen molar-refractivity contribution in [2.45, 2.75) is 43.0 Å². The highest BCUT2D eigenvalue weighted by Crippen LogP contribution is 2.46. The second-order valence-electron chi connectivity index (χ2n) is 7.56. The Kier molecular flexibility index (Phi) is 5.14. The molecule has 1 aromatic heterocycles. The third-order valence-electron chi connectivity index (χ3n) is 5.30. The van der Waals surface area contributed by atoms with Crippen LogP contribution in [0, 0.1) is 0 Å². The average Bonchev–Trinajstić information content (AvgIpc) is 3.37. The summed E-state index contributed by atoms with van der Waals surface area (Å²) < 4.78 is 13.7. The monoisotopic (exact) mass is 439 g/mol. The second-order valence-corrected chi connectivity index (χ2v) is 8.51. The van der Waals surface area contributed by atoms with Crippen molar-refractivity contribution < 1.29 is 19.4 Å². The van der Waals surface area contributed by atoms with Crippen LogP contribution < -0.4 is 14.8 Å². The first-order chi connectivity index (χ1) is 15.1. The van der Waals surface area contributed by atoms with Crippen molar-refractivity contribution in [2.24, 2.45) is 0 Å². The van der Waals surface area contributed by atoms with Crippen LogP contribution in [0.15, 0.2) is 47.6 Å². The molecule has 0 atom stereocenters. The number of rotatable bonds is 5. The minimum atomic E-state index is -0.537. The van der Waals surface area contributed by atoms with Crippen LogP contribution in [0.4, 0.5) is 5.69 Å². The first kappa shape index (κ1) is 19.7. The zero-order chi connectivity index (χ0) is 21.3. The number of aromatic nitrogens is 4.